The summed E-state index contributed by atoms with van der Waals surface area (Å²) in [4.78, 5) is 7.43. The van der Waals surface area contributed by atoms with Crippen molar-refractivity contribution in [1.82, 2.24) is 4.98 Å². The maximum absolute atomic E-state index is 9.89. The number of hydrogen-bond donors (Lipinski definition) is 1. The third-order valence-corrected chi connectivity index (χ3v) is 6.56. The number of nitrogen functional groups attached to an aromatic ring is 1. The molecule has 6 heteroatoms. The number of anilines is 1. The normalized spacial score (nSPS) is 10.4. The molecule has 0 fully saturated rings. The van der Waals surface area contributed by atoms with Gasteiger partial charge < -0.3 is 5.73 Å². The van der Waals surface area contributed by atoms with E-state index >= 15 is 0 Å². The summed E-state index contributed by atoms with van der Waals surface area (Å²) in [5, 5.41) is 20.0. The van der Waals surface area contributed by atoms with Gasteiger partial charge in [-0.25, -0.2) is 4.98 Å². The van der Waals surface area contributed by atoms with Crippen molar-refractivity contribution in [2.24, 2.45) is 0 Å². The van der Waals surface area contributed by atoms with Crippen molar-refractivity contribution in [2.75, 3.05) is 5.73 Å². The number of nitrogens with zero attached hydrogens (tertiary/aromatic N) is 3. The number of nitriles is 2. The third-order valence-electron chi connectivity index (χ3n) is 4.21. The van der Waals surface area contributed by atoms with Crippen LogP contribution in [0.25, 0.3) is 10.4 Å². The van der Waals surface area contributed by atoms with Gasteiger partial charge in [-0.3, -0.25) is 0 Å². The number of aromatic nitrogens is 1. The average Bonchev–Trinajstić information content (AvgIpc) is 3.03. The molecule has 0 amide bonds. The number of aryl methyl sites for hydroxylation is 4. The topological polar surface area (TPSA) is 86.5 Å². The molecule has 0 aliphatic carbocycles. The van der Waals surface area contributed by atoms with E-state index in [1.54, 1.807) is 0 Å². The summed E-state index contributed by atoms with van der Waals surface area (Å²) in [6, 6.07) is 12.5. The van der Waals surface area contributed by atoms with Gasteiger partial charge in [0, 0.05) is 20.2 Å². The van der Waals surface area contributed by atoms with E-state index in [2.05, 4.69) is 36.2 Å². The van der Waals surface area contributed by atoms with Crippen LogP contribution in [0.3, 0.4) is 0 Å². The van der Waals surface area contributed by atoms with Crippen molar-refractivity contribution >= 4 is 28.9 Å². The standard InChI is InChI=1S/C21H18N4S2/c1-11-7-12(2)19(13(3)8-11)27-21-16(10-23)18(15(9-22)20(24)25-21)17-6-5-14(4)26-17/h5-8H,1-4H3,(H2,24,25). The molecule has 0 aliphatic rings. The molecule has 134 valence electrons. The van der Waals surface area contributed by atoms with Gasteiger partial charge in [0.15, 0.2) is 0 Å². The minimum Gasteiger partial charge on any atom is -0.383 e. The second-order valence-corrected chi connectivity index (χ2v) is 8.68. The Morgan fingerprint density at radius 1 is 1.00 bits per heavy atom. The maximum atomic E-state index is 9.89. The number of benzene rings is 1. The highest BCUT2D eigenvalue weighted by Gasteiger charge is 2.22. The Kier molecular flexibility index (Phi) is 5.23. The average molecular weight is 391 g/mol. The lowest BCUT2D eigenvalue weighted by Crippen LogP contribution is -2.03. The summed E-state index contributed by atoms with van der Waals surface area (Å²) in [6.07, 6.45) is 0. The number of thiophene rings is 1. The van der Waals surface area contributed by atoms with Gasteiger partial charge in [-0.2, -0.15) is 10.5 Å². The third kappa shape index (κ3) is 3.55. The van der Waals surface area contributed by atoms with Gasteiger partial charge in [-0.1, -0.05) is 29.5 Å². The number of rotatable bonds is 3. The highest BCUT2D eigenvalue weighted by Crippen LogP contribution is 2.41. The first-order valence-electron chi connectivity index (χ1n) is 8.31. The number of hydrogen-bond acceptors (Lipinski definition) is 6. The quantitative estimate of drug-likeness (QED) is 0.636. The second kappa shape index (κ2) is 7.44. The van der Waals surface area contributed by atoms with Gasteiger partial charge >= 0.3 is 0 Å². The Labute approximate surface area is 167 Å². The van der Waals surface area contributed by atoms with E-state index in [-0.39, 0.29) is 11.4 Å². The molecule has 27 heavy (non-hydrogen) atoms. The smallest absolute Gasteiger partial charge is 0.143 e. The lowest BCUT2D eigenvalue weighted by molar-refractivity contribution is 1.10. The molecular weight excluding hydrogens is 372 g/mol. The Balaban J connectivity index is 2.26. The zero-order valence-corrected chi connectivity index (χ0v) is 17.2. The molecule has 0 spiro atoms. The largest absolute Gasteiger partial charge is 0.383 e. The lowest BCUT2D eigenvalue weighted by Gasteiger charge is -2.14. The monoisotopic (exact) mass is 390 g/mol. The van der Waals surface area contributed by atoms with Crippen molar-refractivity contribution in [2.45, 2.75) is 37.6 Å². The van der Waals surface area contributed by atoms with Crippen molar-refractivity contribution in [3.8, 4) is 22.6 Å². The van der Waals surface area contributed by atoms with Crippen molar-refractivity contribution in [3.05, 3.63) is 57.0 Å². The molecule has 3 rings (SSSR count). The van der Waals surface area contributed by atoms with Crippen molar-refractivity contribution in [3.63, 3.8) is 0 Å². The van der Waals surface area contributed by atoms with E-state index in [0.717, 1.165) is 25.8 Å². The zero-order valence-electron chi connectivity index (χ0n) is 15.5. The van der Waals surface area contributed by atoms with Crippen LogP contribution in [0.5, 0.6) is 0 Å². The van der Waals surface area contributed by atoms with Gasteiger partial charge in [0.05, 0.1) is 5.56 Å². The SMILES string of the molecule is Cc1cc(C)c(Sc2nc(N)c(C#N)c(-c3ccc(C)s3)c2C#N)c(C)c1. The molecule has 0 unspecified atom stereocenters. The van der Waals surface area contributed by atoms with Crippen molar-refractivity contribution in [1.29, 1.82) is 10.5 Å². The number of pyridine rings is 1. The van der Waals surface area contributed by atoms with Crippen LogP contribution in [0.1, 0.15) is 32.7 Å². The molecule has 2 heterocycles. The molecule has 0 bridgehead atoms. The molecule has 0 saturated heterocycles. The summed E-state index contributed by atoms with van der Waals surface area (Å²) in [5.41, 5.74) is 10.8. The first-order chi connectivity index (χ1) is 12.8. The van der Waals surface area contributed by atoms with Crippen LogP contribution in [0.2, 0.25) is 0 Å². The van der Waals surface area contributed by atoms with Gasteiger partial charge in [0.25, 0.3) is 0 Å². The van der Waals surface area contributed by atoms with E-state index in [1.165, 1.54) is 28.7 Å². The van der Waals surface area contributed by atoms with Gasteiger partial charge in [-0.05, 0) is 51.0 Å². The van der Waals surface area contributed by atoms with E-state index < -0.39 is 0 Å². The highest BCUT2D eigenvalue weighted by atomic mass is 32.2. The fraction of sp³-hybridized carbons (Fsp3) is 0.190. The van der Waals surface area contributed by atoms with Gasteiger partial charge in [0.2, 0.25) is 0 Å². The van der Waals surface area contributed by atoms with Crippen LogP contribution in [-0.2, 0) is 0 Å². The minimum absolute atomic E-state index is 0.155. The molecule has 2 N–H and O–H groups in total. The van der Waals surface area contributed by atoms with Crippen LogP contribution >= 0.6 is 23.1 Å². The molecule has 1 aromatic carbocycles. The predicted molar refractivity (Wildman–Crippen MR) is 111 cm³/mol. The molecular formula is C21H18N4S2. The first-order valence-corrected chi connectivity index (χ1v) is 9.95. The summed E-state index contributed by atoms with van der Waals surface area (Å²) >= 11 is 2.97. The lowest BCUT2D eigenvalue weighted by atomic mass is 10.0. The minimum atomic E-state index is 0.155. The van der Waals surface area contributed by atoms with E-state index in [1.807, 2.05) is 32.9 Å². The fourth-order valence-corrected chi connectivity index (χ4v) is 5.06. The fourth-order valence-electron chi connectivity index (χ4n) is 3.11. The Morgan fingerprint density at radius 3 is 2.15 bits per heavy atom. The molecule has 4 nitrogen and oxygen atoms in total. The van der Waals surface area contributed by atoms with Crippen molar-refractivity contribution < 1.29 is 0 Å². The van der Waals surface area contributed by atoms with E-state index in [9.17, 15) is 10.5 Å². The maximum Gasteiger partial charge on any atom is 0.143 e. The Morgan fingerprint density at radius 2 is 1.63 bits per heavy atom. The van der Waals surface area contributed by atoms with Crippen LogP contribution in [0.15, 0.2) is 34.2 Å². The summed E-state index contributed by atoms with van der Waals surface area (Å²) in [6.45, 7) is 8.14. The molecule has 2 aromatic heterocycles. The van der Waals surface area contributed by atoms with Crippen LogP contribution < -0.4 is 5.73 Å². The van der Waals surface area contributed by atoms with Crippen LogP contribution in [0.4, 0.5) is 5.82 Å². The van der Waals surface area contributed by atoms with E-state index in [4.69, 9.17) is 5.73 Å². The highest BCUT2D eigenvalue weighted by molar-refractivity contribution is 7.99. The van der Waals surface area contributed by atoms with E-state index in [0.29, 0.717) is 16.2 Å². The Hall–Kier alpha value is -2.80. The molecule has 0 radical (unpaired) electrons. The molecule has 0 aliphatic heterocycles. The summed E-state index contributed by atoms with van der Waals surface area (Å²) in [7, 11) is 0. The van der Waals surface area contributed by atoms with Gasteiger partial charge in [-0.15, -0.1) is 11.3 Å². The van der Waals surface area contributed by atoms with Crippen LogP contribution in [-0.4, -0.2) is 4.98 Å². The zero-order chi connectivity index (χ0) is 19.7. The summed E-state index contributed by atoms with van der Waals surface area (Å²) < 4.78 is 0. The number of nitrogens with two attached hydrogens (primary N) is 1. The summed E-state index contributed by atoms with van der Waals surface area (Å²) in [5.74, 6) is 0.155. The van der Waals surface area contributed by atoms with Gasteiger partial charge in [0.1, 0.15) is 28.5 Å². The Bertz CT molecular complexity index is 1110. The molecule has 0 saturated carbocycles. The first kappa shape index (κ1) is 19.0. The molecule has 0 atom stereocenters. The molecule has 3 aromatic rings. The van der Waals surface area contributed by atoms with Crippen LogP contribution in [0, 0.1) is 50.4 Å². The second-order valence-electron chi connectivity index (χ2n) is 6.39. The predicted octanol–water partition coefficient (Wildman–Crippen LogP) is 5.52.